The van der Waals surface area contributed by atoms with Crippen molar-refractivity contribution in [3.8, 4) is 0 Å². The molecule has 6 nitrogen and oxygen atoms in total. The predicted octanol–water partition coefficient (Wildman–Crippen LogP) is 2.10. The number of carbonyl (C=O) groups is 1. The van der Waals surface area contributed by atoms with Crippen molar-refractivity contribution in [2.24, 2.45) is 0 Å². The molecule has 134 valence electrons. The molecule has 0 aliphatic carbocycles. The van der Waals surface area contributed by atoms with Crippen molar-refractivity contribution >= 4 is 22.2 Å². The SMILES string of the molecule is O=C(c1cnc2sccn2c1=O)N1CCCN(Cc2ccccc2)CC1. The number of thiazole rings is 1. The molecule has 2 aromatic heterocycles. The van der Waals surface area contributed by atoms with Gasteiger partial charge in [-0.1, -0.05) is 30.3 Å². The summed E-state index contributed by atoms with van der Waals surface area (Å²) in [6, 6.07) is 10.4. The molecule has 1 amide bonds. The van der Waals surface area contributed by atoms with Gasteiger partial charge in [-0.25, -0.2) is 4.98 Å². The number of rotatable bonds is 3. The van der Waals surface area contributed by atoms with Gasteiger partial charge < -0.3 is 4.90 Å². The molecule has 3 heterocycles. The molecular weight excluding hydrogens is 348 g/mol. The van der Waals surface area contributed by atoms with Gasteiger partial charge in [-0.15, -0.1) is 11.3 Å². The average molecular weight is 368 g/mol. The van der Waals surface area contributed by atoms with E-state index in [4.69, 9.17) is 0 Å². The van der Waals surface area contributed by atoms with Gasteiger partial charge in [0.2, 0.25) is 0 Å². The van der Waals surface area contributed by atoms with Gasteiger partial charge in [0.1, 0.15) is 5.56 Å². The van der Waals surface area contributed by atoms with Crippen molar-refractivity contribution in [3.05, 3.63) is 69.6 Å². The van der Waals surface area contributed by atoms with E-state index in [1.54, 1.807) is 16.5 Å². The van der Waals surface area contributed by atoms with Gasteiger partial charge in [-0.05, 0) is 12.0 Å². The smallest absolute Gasteiger partial charge is 0.271 e. The van der Waals surface area contributed by atoms with Crippen molar-refractivity contribution in [2.75, 3.05) is 26.2 Å². The summed E-state index contributed by atoms with van der Waals surface area (Å²) in [6.07, 6.45) is 3.98. The predicted molar refractivity (Wildman–Crippen MR) is 102 cm³/mol. The highest BCUT2D eigenvalue weighted by Gasteiger charge is 2.23. The maximum absolute atomic E-state index is 12.9. The highest BCUT2D eigenvalue weighted by molar-refractivity contribution is 7.15. The van der Waals surface area contributed by atoms with Crippen LogP contribution in [-0.4, -0.2) is 51.3 Å². The van der Waals surface area contributed by atoms with Crippen LogP contribution < -0.4 is 5.56 Å². The second kappa shape index (κ2) is 7.39. The van der Waals surface area contributed by atoms with Crippen LogP contribution in [0.5, 0.6) is 0 Å². The minimum atomic E-state index is -0.286. The van der Waals surface area contributed by atoms with Crippen LogP contribution in [0.25, 0.3) is 4.96 Å². The Hall–Kier alpha value is -2.51. The maximum atomic E-state index is 12.9. The highest BCUT2D eigenvalue weighted by atomic mass is 32.1. The first-order chi connectivity index (χ1) is 12.7. The molecule has 0 radical (unpaired) electrons. The summed E-state index contributed by atoms with van der Waals surface area (Å²) < 4.78 is 1.44. The zero-order valence-electron chi connectivity index (χ0n) is 14.4. The van der Waals surface area contributed by atoms with Gasteiger partial charge in [0.05, 0.1) is 0 Å². The Balaban J connectivity index is 1.47. The fraction of sp³-hybridized carbons (Fsp3) is 0.316. The largest absolute Gasteiger partial charge is 0.337 e. The van der Waals surface area contributed by atoms with E-state index in [1.807, 2.05) is 18.2 Å². The summed E-state index contributed by atoms with van der Waals surface area (Å²) in [6.45, 7) is 3.91. The van der Waals surface area contributed by atoms with E-state index in [-0.39, 0.29) is 17.0 Å². The lowest BCUT2D eigenvalue weighted by Gasteiger charge is -2.22. The van der Waals surface area contributed by atoms with E-state index in [2.05, 4.69) is 22.0 Å². The summed E-state index contributed by atoms with van der Waals surface area (Å²) in [5, 5.41) is 1.80. The van der Waals surface area contributed by atoms with Crippen molar-refractivity contribution in [1.82, 2.24) is 19.2 Å². The van der Waals surface area contributed by atoms with Gasteiger partial charge in [-0.2, -0.15) is 0 Å². The summed E-state index contributed by atoms with van der Waals surface area (Å²) in [5.74, 6) is -0.218. The van der Waals surface area contributed by atoms with E-state index in [1.165, 1.54) is 27.5 Å². The van der Waals surface area contributed by atoms with Gasteiger partial charge >= 0.3 is 0 Å². The Morgan fingerprint density at radius 1 is 1.12 bits per heavy atom. The topological polar surface area (TPSA) is 57.9 Å². The van der Waals surface area contributed by atoms with Crippen molar-refractivity contribution in [1.29, 1.82) is 0 Å². The average Bonchev–Trinajstić information content (AvgIpc) is 3.03. The Morgan fingerprint density at radius 2 is 1.96 bits per heavy atom. The lowest BCUT2D eigenvalue weighted by Crippen LogP contribution is -2.38. The second-order valence-electron chi connectivity index (χ2n) is 6.44. The summed E-state index contributed by atoms with van der Waals surface area (Å²) >= 11 is 1.38. The van der Waals surface area contributed by atoms with Crippen LogP contribution in [0.3, 0.4) is 0 Å². The Labute approximate surface area is 155 Å². The first-order valence-corrected chi connectivity index (χ1v) is 9.61. The molecule has 0 spiro atoms. The third-order valence-corrected chi connectivity index (χ3v) is 5.47. The zero-order chi connectivity index (χ0) is 17.9. The van der Waals surface area contributed by atoms with Crippen molar-refractivity contribution in [2.45, 2.75) is 13.0 Å². The normalized spacial score (nSPS) is 15.9. The third-order valence-electron chi connectivity index (χ3n) is 4.70. The van der Waals surface area contributed by atoms with Gasteiger partial charge in [0.25, 0.3) is 11.5 Å². The Bertz CT molecular complexity index is 966. The number of aromatic nitrogens is 2. The Kier molecular flexibility index (Phi) is 4.81. The van der Waals surface area contributed by atoms with E-state index >= 15 is 0 Å². The van der Waals surface area contributed by atoms with E-state index in [0.717, 1.165) is 26.1 Å². The van der Waals surface area contributed by atoms with E-state index in [0.29, 0.717) is 18.1 Å². The van der Waals surface area contributed by atoms with Crippen LogP contribution in [0.2, 0.25) is 0 Å². The molecule has 3 aromatic rings. The number of nitrogens with zero attached hydrogens (tertiary/aromatic N) is 4. The monoisotopic (exact) mass is 368 g/mol. The van der Waals surface area contributed by atoms with Crippen LogP contribution in [0, 0.1) is 0 Å². The van der Waals surface area contributed by atoms with Gasteiger partial charge in [0, 0.05) is 50.5 Å². The number of hydrogen-bond donors (Lipinski definition) is 0. The second-order valence-corrected chi connectivity index (χ2v) is 7.31. The fourth-order valence-corrected chi connectivity index (χ4v) is 3.99. The molecule has 1 fully saturated rings. The lowest BCUT2D eigenvalue weighted by atomic mass is 10.2. The number of carbonyl (C=O) groups excluding carboxylic acids is 1. The number of benzene rings is 1. The van der Waals surface area contributed by atoms with Crippen LogP contribution in [-0.2, 0) is 6.54 Å². The fourth-order valence-electron chi connectivity index (χ4n) is 3.32. The van der Waals surface area contributed by atoms with Crippen LogP contribution in [0.4, 0.5) is 0 Å². The zero-order valence-corrected chi connectivity index (χ0v) is 15.2. The lowest BCUT2D eigenvalue weighted by molar-refractivity contribution is 0.0758. The molecule has 1 aliphatic rings. The molecule has 0 saturated carbocycles. The first kappa shape index (κ1) is 16.9. The molecule has 0 unspecified atom stereocenters. The summed E-state index contributed by atoms with van der Waals surface area (Å²) in [7, 11) is 0. The third kappa shape index (κ3) is 3.40. The number of hydrogen-bond acceptors (Lipinski definition) is 5. The van der Waals surface area contributed by atoms with E-state index in [9.17, 15) is 9.59 Å². The number of fused-ring (bicyclic) bond motifs is 1. The molecule has 0 N–H and O–H groups in total. The molecule has 1 saturated heterocycles. The summed E-state index contributed by atoms with van der Waals surface area (Å²) in [4.78, 5) is 34.4. The quantitative estimate of drug-likeness (QED) is 0.710. The van der Waals surface area contributed by atoms with Crippen LogP contribution >= 0.6 is 11.3 Å². The Morgan fingerprint density at radius 3 is 2.81 bits per heavy atom. The summed E-state index contributed by atoms with van der Waals surface area (Å²) in [5.41, 5.74) is 1.14. The first-order valence-electron chi connectivity index (χ1n) is 8.73. The molecule has 1 aromatic carbocycles. The molecule has 0 bridgehead atoms. The number of amides is 1. The molecule has 26 heavy (non-hydrogen) atoms. The molecule has 0 atom stereocenters. The van der Waals surface area contributed by atoms with Crippen LogP contribution in [0.1, 0.15) is 22.3 Å². The van der Waals surface area contributed by atoms with Crippen molar-refractivity contribution in [3.63, 3.8) is 0 Å². The maximum Gasteiger partial charge on any atom is 0.271 e. The van der Waals surface area contributed by atoms with Crippen molar-refractivity contribution < 1.29 is 4.79 Å². The minimum Gasteiger partial charge on any atom is -0.337 e. The van der Waals surface area contributed by atoms with Gasteiger partial charge in [0.15, 0.2) is 4.96 Å². The molecule has 7 heteroatoms. The van der Waals surface area contributed by atoms with Gasteiger partial charge in [-0.3, -0.25) is 18.9 Å². The van der Waals surface area contributed by atoms with Crippen LogP contribution in [0.15, 0.2) is 52.9 Å². The minimum absolute atomic E-state index is 0.150. The highest BCUT2D eigenvalue weighted by Crippen LogP contribution is 2.12. The molecule has 4 rings (SSSR count). The standard InChI is InChI=1S/C19H20N4O2S/c24-17(16-13-20-19-23(18(16)25)11-12-26-19)22-8-4-7-21(9-10-22)14-15-5-2-1-3-6-15/h1-3,5-6,11-13H,4,7-10,14H2. The van der Waals surface area contributed by atoms with E-state index < -0.39 is 0 Å². The molecular formula is C19H20N4O2S. The molecule has 1 aliphatic heterocycles.